The molecule has 4 nitrogen and oxygen atoms in total. The lowest BCUT2D eigenvalue weighted by Gasteiger charge is -2.28. The largest absolute Gasteiger partial charge is 0.469 e. The number of hydrogen-bond donors (Lipinski definition) is 2. The van der Waals surface area contributed by atoms with Gasteiger partial charge in [0.05, 0.1) is 19.1 Å². The molecule has 1 atom stereocenters. The highest BCUT2D eigenvalue weighted by Gasteiger charge is 2.27. The molecule has 1 saturated carbocycles. The van der Waals surface area contributed by atoms with Gasteiger partial charge in [0.2, 0.25) is 0 Å². The van der Waals surface area contributed by atoms with Gasteiger partial charge < -0.3 is 15.2 Å². The second-order valence-corrected chi connectivity index (χ2v) is 5.92. The standard InChI is InChI=1S/C16H22ClNO3/c1-21-16(20)11-6-8-12(9-7-11)18-10-15(19)13-4-2-3-5-14(13)17/h2-5,11-12,15,18-19H,6-10H2,1H3. The number of ether oxygens (including phenoxy) is 1. The summed E-state index contributed by atoms with van der Waals surface area (Å²) in [7, 11) is 1.44. The van der Waals surface area contributed by atoms with Crippen molar-refractivity contribution in [3.05, 3.63) is 34.9 Å². The fourth-order valence-electron chi connectivity index (χ4n) is 2.83. The van der Waals surface area contributed by atoms with E-state index in [0.29, 0.717) is 17.6 Å². The Balaban J connectivity index is 1.77. The Labute approximate surface area is 130 Å². The summed E-state index contributed by atoms with van der Waals surface area (Å²) in [6.45, 7) is 0.470. The minimum Gasteiger partial charge on any atom is -0.469 e. The van der Waals surface area contributed by atoms with Crippen LogP contribution in [0.2, 0.25) is 5.02 Å². The van der Waals surface area contributed by atoms with E-state index in [0.717, 1.165) is 31.2 Å². The van der Waals surface area contributed by atoms with Gasteiger partial charge in [-0.3, -0.25) is 4.79 Å². The molecule has 1 aliphatic rings. The van der Waals surface area contributed by atoms with E-state index in [-0.39, 0.29) is 11.9 Å². The van der Waals surface area contributed by atoms with Crippen LogP contribution in [0, 0.1) is 5.92 Å². The number of aliphatic hydroxyl groups is 1. The van der Waals surface area contributed by atoms with Crippen molar-refractivity contribution in [2.24, 2.45) is 5.92 Å². The first kappa shape index (κ1) is 16.3. The number of nitrogens with one attached hydrogen (secondary N) is 1. The Bertz CT molecular complexity index is 472. The Morgan fingerprint density at radius 2 is 2.05 bits per heavy atom. The monoisotopic (exact) mass is 311 g/mol. The third-order valence-electron chi connectivity index (χ3n) is 4.13. The summed E-state index contributed by atoms with van der Waals surface area (Å²) in [5.41, 5.74) is 0.745. The Morgan fingerprint density at radius 1 is 1.38 bits per heavy atom. The van der Waals surface area contributed by atoms with E-state index in [1.165, 1.54) is 7.11 Å². The average molecular weight is 312 g/mol. The van der Waals surface area contributed by atoms with Gasteiger partial charge in [0.25, 0.3) is 0 Å². The molecule has 2 rings (SSSR count). The van der Waals surface area contributed by atoms with E-state index in [1.807, 2.05) is 18.2 Å². The van der Waals surface area contributed by atoms with Crippen LogP contribution in [0.5, 0.6) is 0 Å². The quantitative estimate of drug-likeness (QED) is 0.821. The molecule has 0 bridgehead atoms. The smallest absolute Gasteiger partial charge is 0.308 e. The molecule has 2 N–H and O–H groups in total. The van der Waals surface area contributed by atoms with Crippen LogP contribution in [0.3, 0.4) is 0 Å². The molecule has 0 aliphatic heterocycles. The normalized spacial score (nSPS) is 23.6. The summed E-state index contributed by atoms with van der Waals surface area (Å²) >= 11 is 6.07. The van der Waals surface area contributed by atoms with Crippen LogP contribution in [0.15, 0.2) is 24.3 Å². The molecule has 21 heavy (non-hydrogen) atoms. The van der Waals surface area contributed by atoms with Gasteiger partial charge in [0.15, 0.2) is 0 Å². The van der Waals surface area contributed by atoms with Gasteiger partial charge in [0, 0.05) is 23.2 Å². The van der Waals surface area contributed by atoms with Crippen LogP contribution in [0.25, 0.3) is 0 Å². The van der Waals surface area contributed by atoms with Crippen molar-refractivity contribution in [1.29, 1.82) is 0 Å². The number of carbonyl (C=O) groups is 1. The lowest BCUT2D eigenvalue weighted by atomic mass is 9.86. The molecule has 0 aromatic heterocycles. The van der Waals surface area contributed by atoms with Gasteiger partial charge in [-0.25, -0.2) is 0 Å². The number of benzene rings is 1. The van der Waals surface area contributed by atoms with E-state index in [1.54, 1.807) is 6.07 Å². The fourth-order valence-corrected chi connectivity index (χ4v) is 3.10. The summed E-state index contributed by atoms with van der Waals surface area (Å²) in [6.07, 6.45) is 2.92. The van der Waals surface area contributed by atoms with E-state index >= 15 is 0 Å². The van der Waals surface area contributed by atoms with Crippen LogP contribution >= 0.6 is 11.6 Å². The molecule has 1 fully saturated rings. The molecule has 116 valence electrons. The predicted molar refractivity (Wildman–Crippen MR) is 82.2 cm³/mol. The van der Waals surface area contributed by atoms with Crippen molar-refractivity contribution in [2.75, 3.05) is 13.7 Å². The lowest BCUT2D eigenvalue weighted by Crippen LogP contribution is -2.37. The first-order valence-electron chi connectivity index (χ1n) is 7.35. The van der Waals surface area contributed by atoms with Crippen molar-refractivity contribution in [3.8, 4) is 0 Å². The van der Waals surface area contributed by atoms with Gasteiger partial charge in [-0.15, -0.1) is 0 Å². The molecule has 0 saturated heterocycles. The zero-order valence-electron chi connectivity index (χ0n) is 12.2. The minimum absolute atomic E-state index is 0.0292. The van der Waals surface area contributed by atoms with Gasteiger partial charge in [-0.1, -0.05) is 29.8 Å². The van der Waals surface area contributed by atoms with Crippen LogP contribution in [0.1, 0.15) is 37.4 Å². The van der Waals surface area contributed by atoms with E-state index in [2.05, 4.69) is 5.32 Å². The lowest BCUT2D eigenvalue weighted by molar-refractivity contribution is -0.146. The van der Waals surface area contributed by atoms with Gasteiger partial charge >= 0.3 is 5.97 Å². The molecule has 1 aromatic carbocycles. The zero-order chi connectivity index (χ0) is 15.2. The molecular formula is C16H22ClNO3. The molecular weight excluding hydrogens is 290 g/mol. The maximum absolute atomic E-state index is 11.5. The molecule has 0 radical (unpaired) electrons. The fraction of sp³-hybridized carbons (Fsp3) is 0.562. The van der Waals surface area contributed by atoms with Crippen molar-refractivity contribution in [3.63, 3.8) is 0 Å². The predicted octanol–water partition coefficient (Wildman–Crippen LogP) is 2.69. The Morgan fingerprint density at radius 3 is 2.67 bits per heavy atom. The second kappa shape index (κ2) is 7.78. The molecule has 1 aliphatic carbocycles. The molecule has 0 spiro atoms. The van der Waals surface area contributed by atoms with Crippen molar-refractivity contribution in [2.45, 2.75) is 37.8 Å². The summed E-state index contributed by atoms with van der Waals surface area (Å²) in [5.74, 6) is -0.0777. The topological polar surface area (TPSA) is 58.6 Å². The summed E-state index contributed by atoms with van der Waals surface area (Å²) < 4.78 is 4.78. The molecule has 0 amide bonds. The Kier molecular flexibility index (Phi) is 6.03. The number of esters is 1. The third-order valence-corrected chi connectivity index (χ3v) is 4.47. The van der Waals surface area contributed by atoms with Crippen LogP contribution < -0.4 is 5.32 Å². The Hall–Kier alpha value is -1.10. The SMILES string of the molecule is COC(=O)C1CCC(NCC(O)c2ccccc2Cl)CC1. The first-order chi connectivity index (χ1) is 10.1. The highest BCUT2D eigenvalue weighted by atomic mass is 35.5. The minimum atomic E-state index is -0.614. The maximum atomic E-state index is 11.5. The highest BCUT2D eigenvalue weighted by molar-refractivity contribution is 6.31. The van der Waals surface area contributed by atoms with E-state index in [9.17, 15) is 9.90 Å². The number of methoxy groups -OCH3 is 1. The number of rotatable bonds is 5. The average Bonchev–Trinajstić information content (AvgIpc) is 2.52. The van der Waals surface area contributed by atoms with Crippen LogP contribution in [0.4, 0.5) is 0 Å². The number of halogens is 1. The second-order valence-electron chi connectivity index (χ2n) is 5.52. The number of hydrogen-bond acceptors (Lipinski definition) is 4. The van der Waals surface area contributed by atoms with Gasteiger partial charge in [0.1, 0.15) is 0 Å². The number of aliphatic hydroxyl groups excluding tert-OH is 1. The molecule has 1 unspecified atom stereocenters. The maximum Gasteiger partial charge on any atom is 0.308 e. The van der Waals surface area contributed by atoms with Crippen molar-refractivity contribution >= 4 is 17.6 Å². The van der Waals surface area contributed by atoms with E-state index in [4.69, 9.17) is 16.3 Å². The molecule has 5 heteroatoms. The molecule has 0 heterocycles. The summed E-state index contributed by atoms with van der Waals surface area (Å²) in [6, 6.07) is 7.67. The van der Waals surface area contributed by atoms with Gasteiger partial charge in [-0.2, -0.15) is 0 Å². The van der Waals surface area contributed by atoms with Crippen molar-refractivity contribution in [1.82, 2.24) is 5.32 Å². The summed E-state index contributed by atoms with van der Waals surface area (Å²) in [5, 5.41) is 14.1. The third kappa shape index (κ3) is 4.43. The number of carbonyl (C=O) groups excluding carboxylic acids is 1. The van der Waals surface area contributed by atoms with Crippen LogP contribution in [-0.2, 0) is 9.53 Å². The van der Waals surface area contributed by atoms with E-state index < -0.39 is 6.10 Å². The van der Waals surface area contributed by atoms with Gasteiger partial charge in [-0.05, 0) is 31.7 Å². The molecule has 1 aromatic rings. The highest BCUT2D eigenvalue weighted by Crippen LogP contribution is 2.26. The van der Waals surface area contributed by atoms with Crippen molar-refractivity contribution < 1.29 is 14.6 Å². The zero-order valence-corrected chi connectivity index (χ0v) is 13.0. The van der Waals surface area contributed by atoms with Crippen LogP contribution in [-0.4, -0.2) is 30.8 Å². The summed E-state index contributed by atoms with van der Waals surface area (Å²) in [4.78, 5) is 11.5. The first-order valence-corrected chi connectivity index (χ1v) is 7.73.